The standard InChI is InChI=1S/C13H20O8/c1-9(14)19-7-11(5-3-4-6-12(16)17)13(18)21-8-20-10(2)15/h11H,3-8H2,1-2H3,(H,16,17). The highest BCUT2D eigenvalue weighted by Gasteiger charge is 2.21. The van der Waals surface area contributed by atoms with Gasteiger partial charge in [-0.1, -0.05) is 6.42 Å². The highest BCUT2D eigenvalue weighted by Crippen LogP contribution is 2.13. The first-order valence-corrected chi connectivity index (χ1v) is 6.48. The van der Waals surface area contributed by atoms with Crippen molar-refractivity contribution in [2.45, 2.75) is 39.5 Å². The van der Waals surface area contributed by atoms with E-state index in [-0.39, 0.29) is 13.0 Å². The molecule has 1 atom stereocenters. The summed E-state index contributed by atoms with van der Waals surface area (Å²) in [5.74, 6) is -3.39. The summed E-state index contributed by atoms with van der Waals surface area (Å²) in [4.78, 5) is 43.5. The molecule has 8 heteroatoms. The van der Waals surface area contributed by atoms with E-state index < -0.39 is 36.6 Å². The van der Waals surface area contributed by atoms with Crippen molar-refractivity contribution in [3.63, 3.8) is 0 Å². The summed E-state index contributed by atoms with van der Waals surface area (Å²) in [7, 11) is 0. The van der Waals surface area contributed by atoms with E-state index in [1.165, 1.54) is 13.8 Å². The molecule has 0 saturated carbocycles. The van der Waals surface area contributed by atoms with Crippen LogP contribution in [-0.2, 0) is 33.4 Å². The van der Waals surface area contributed by atoms with Crippen LogP contribution in [0.5, 0.6) is 0 Å². The van der Waals surface area contributed by atoms with Crippen LogP contribution in [0.3, 0.4) is 0 Å². The number of aliphatic carboxylic acids is 1. The minimum absolute atomic E-state index is 0.00276. The summed E-state index contributed by atoms with van der Waals surface area (Å²) in [5.41, 5.74) is 0. The molecule has 0 aliphatic rings. The first kappa shape index (κ1) is 18.9. The van der Waals surface area contributed by atoms with Crippen molar-refractivity contribution in [1.29, 1.82) is 0 Å². The molecular weight excluding hydrogens is 284 g/mol. The Bertz CT molecular complexity index is 376. The number of ether oxygens (including phenoxy) is 3. The third-order valence-corrected chi connectivity index (χ3v) is 2.48. The molecule has 0 aromatic rings. The van der Waals surface area contributed by atoms with Crippen LogP contribution in [0.4, 0.5) is 0 Å². The molecule has 0 saturated heterocycles. The minimum Gasteiger partial charge on any atom is -0.481 e. The summed E-state index contributed by atoms with van der Waals surface area (Å²) >= 11 is 0. The van der Waals surface area contributed by atoms with Crippen molar-refractivity contribution in [2.24, 2.45) is 5.92 Å². The molecule has 0 rings (SSSR count). The highest BCUT2D eigenvalue weighted by molar-refractivity contribution is 5.73. The number of hydrogen-bond donors (Lipinski definition) is 1. The van der Waals surface area contributed by atoms with Gasteiger partial charge in [0, 0.05) is 20.3 Å². The number of rotatable bonds is 10. The zero-order valence-corrected chi connectivity index (χ0v) is 12.1. The van der Waals surface area contributed by atoms with Crippen LogP contribution >= 0.6 is 0 Å². The average molecular weight is 304 g/mol. The van der Waals surface area contributed by atoms with E-state index >= 15 is 0 Å². The summed E-state index contributed by atoms with van der Waals surface area (Å²) in [6, 6.07) is 0. The normalized spacial score (nSPS) is 11.3. The van der Waals surface area contributed by atoms with E-state index in [9.17, 15) is 19.2 Å². The Morgan fingerprint density at radius 3 is 2.10 bits per heavy atom. The van der Waals surface area contributed by atoms with Gasteiger partial charge in [0.05, 0.1) is 5.92 Å². The molecule has 0 heterocycles. The smallest absolute Gasteiger partial charge is 0.315 e. The number of hydrogen-bond acceptors (Lipinski definition) is 7. The van der Waals surface area contributed by atoms with Gasteiger partial charge in [-0.05, 0) is 12.8 Å². The Morgan fingerprint density at radius 1 is 0.952 bits per heavy atom. The Morgan fingerprint density at radius 2 is 1.57 bits per heavy atom. The van der Waals surface area contributed by atoms with Gasteiger partial charge in [-0.2, -0.15) is 0 Å². The molecule has 1 unspecified atom stereocenters. The van der Waals surface area contributed by atoms with E-state index in [2.05, 4.69) is 4.74 Å². The second-order valence-electron chi connectivity index (χ2n) is 4.36. The highest BCUT2D eigenvalue weighted by atomic mass is 16.7. The van der Waals surface area contributed by atoms with Crippen molar-refractivity contribution in [1.82, 2.24) is 0 Å². The fourth-order valence-electron chi connectivity index (χ4n) is 1.44. The number of carbonyl (C=O) groups is 4. The molecule has 0 aliphatic carbocycles. The molecule has 0 amide bonds. The van der Waals surface area contributed by atoms with Crippen molar-refractivity contribution in [3.8, 4) is 0 Å². The number of unbranched alkanes of at least 4 members (excludes halogenated alkanes) is 1. The van der Waals surface area contributed by atoms with Crippen LogP contribution in [0.25, 0.3) is 0 Å². The molecule has 0 fully saturated rings. The molecule has 8 nitrogen and oxygen atoms in total. The maximum Gasteiger partial charge on any atom is 0.315 e. The van der Waals surface area contributed by atoms with Crippen LogP contribution in [0.2, 0.25) is 0 Å². The molecular formula is C13H20O8. The van der Waals surface area contributed by atoms with Gasteiger partial charge < -0.3 is 19.3 Å². The largest absolute Gasteiger partial charge is 0.481 e. The van der Waals surface area contributed by atoms with Gasteiger partial charge in [0.15, 0.2) is 0 Å². The quantitative estimate of drug-likeness (QED) is 0.359. The Labute approximate surface area is 122 Å². The number of esters is 3. The van der Waals surface area contributed by atoms with Gasteiger partial charge in [0.2, 0.25) is 6.79 Å². The van der Waals surface area contributed by atoms with Crippen molar-refractivity contribution >= 4 is 23.9 Å². The van der Waals surface area contributed by atoms with Gasteiger partial charge in [0.1, 0.15) is 6.61 Å². The molecule has 120 valence electrons. The lowest BCUT2D eigenvalue weighted by Gasteiger charge is -2.15. The van der Waals surface area contributed by atoms with Gasteiger partial charge in [-0.15, -0.1) is 0 Å². The Balaban J connectivity index is 4.22. The summed E-state index contributed by atoms with van der Waals surface area (Å²) in [5, 5.41) is 8.52. The van der Waals surface area contributed by atoms with Crippen LogP contribution < -0.4 is 0 Å². The predicted molar refractivity (Wildman–Crippen MR) is 69.0 cm³/mol. The van der Waals surface area contributed by atoms with E-state index in [1.807, 2.05) is 0 Å². The molecule has 0 aliphatic heterocycles. The third kappa shape index (κ3) is 11.4. The minimum atomic E-state index is -0.913. The first-order valence-electron chi connectivity index (χ1n) is 6.48. The van der Waals surface area contributed by atoms with Crippen LogP contribution in [-0.4, -0.2) is 42.4 Å². The predicted octanol–water partition coefficient (Wildman–Crippen LogP) is 0.875. The van der Waals surface area contributed by atoms with Crippen molar-refractivity contribution in [3.05, 3.63) is 0 Å². The van der Waals surface area contributed by atoms with Gasteiger partial charge >= 0.3 is 23.9 Å². The SMILES string of the molecule is CC(=O)OCOC(=O)C(CCCCC(=O)O)COC(C)=O. The van der Waals surface area contributed by atoms with E-state index in [0.717, 1.165) is 0 Å². The number of carboxylic acid groups (broad SMARTS) is 1. The number of carboxylic acids is 1. The summed E-state index contributed by atoms with van der Waals surface area (Å²) < 4.78 is 14.0. The topological polar surface area (TPSA) is 116 Å². The van der Waals surface area contributed by atoms with E-state index in [4.69, 9.17) is 14.6 Å². The molecule has 0 bridgehead atoms. The fraction of sp³-hybridized carbons (Fsp3) is 0.692. The Kier molecular flexibility index (Phi) is 9.57. The summed E-state index contributed by atoms with van der Waals surface area (Å²) in [6.07, 6.45) is 1.20. The van der Waals surface area contributed by atoms with Crippen LogP contribution in [0.1, 0.15) is 39.5 Å². The van der Waals surface area contributed by atoms with Crippen LogP contribution in [0.15, 0.2) is 0 Å². The third-order valence-electron chi connectivity index (χ3n) is 2.48. The molecule has 0 aromatic carbocycles. The monoisotopic (exact) mass is 304 g/mol. The van der Waals surface area contributed by atoms with Gasteiger partial charge in [-0.3, -0.25) is 19.2 Å². The van der Waals surface area contributed by atoms with E-state index in [0.29, 0.717) is 19.3 Å². The average Bonchev–Trinajstić information content (AvgIpc) is 2.36. The van der Waals surface area contributed by atoms with Gasteiger partial charge in [0.25, 0.3) is 0 Å². The van der Waals surface area contributed by atoms with Crippen molar-refractivity contribution < 1.29 is 38.5 Å². The van der Waals surface area contributed by atoms with E-state index in [1.54, 1.807) is 0 Å². The maximum atomic E-state index is 11.7. The lowest BCUT2D eigenvalue weighted by Crippen LogP contribution is -2.25. The second kappa shape index (κ2) is 10.6. The molecule has 0 spiro atoms. The summed E-state index contributed by atoms with van der Waals surface area (Å²) in [6.45, 7) is 1.74. The van der Waals surface area contributed by atoms with Gasteiger partial charge in [-0.25, -0.2) is 0 Å². The second-order valence-corrected chi connectivity index (χ2v) is 4.36. The molecule has 0 radical (unpaired) electrons. The zero-order valence-electron chi connectivity index (χ0n) is 12.1. The lowest BCUT2D eigenvalue weighted by atomic mass is 10.0. The maximum absolute atomic E-state index is 11.7. The molecule has 0 aromatic heterocycles. The number of carbonyl (C=O) groups excluding carboxylic acids is 3. The fourth-order valence-corrected chi connectivity index (χ4v) is 1.44. The first-order chi connectivity index (χ1) is 9.82. The Hall–Kier alpha value is -2.12. The lowest BCUT2D eigenvalue weighted by molar-refractivity contribution is -0.170. The van der Waals surface area contributed by atoms with Crippen LogP contribution in [0, 0.1) is 5.92 Å². The molecule has 21 heavy (non-hydrogen) atoms. The van der Waals surface area contributed by atoms with Crippen molar-refractivity contribution in [2.75, 3.05) is 13.4 Å². The molecule has 1 N–H and O–H groups in total. The zero-order chi connectivity index (χ0) is 16.3.